The van der Waals surface area contributed by atoms with Gasteiger partial charge < -0.3 is 4.98 Å². The fourth-order valence-corrected chi connectivity index (χ4v) is 3.12. The number of hydrogen-bond donors (Lipinski definition) is 1. The van der Waals surface area contributed by atoms with E-state index in [2.05, 4.69) is 19.9 Å². The van der Waals surface area contributed by atoms with E-state index >= 15 is 0 Å². The Bertz CT molecular complexity index is 765. The summed E-state index contributed by atoms with van der Waals surface area (Å²) in [6, 6.07) is 10.9. The molecule has 0 radical (unpaired) electrons. The number of fused-ring (bicyclic) bond motifs is 1. The van der Waals surface area contributed by atoms with E-state index < -0.39 is 0 Å². The molecule has 0 aliphatic carbocycles. The first-order valence-corrected chi connectivity index (χ1v) is 7.56. The van der Waals surface area contributed by atoms with E-state index in [0.717, 1.165) is 42.1 Å². The van der Waals surface area contributed by atoms with Gasteiger partial charge in [-0.2, -0.15) is 0 Å². The first kappa shape index (κ1) is 13.4. The van der Waals surface area contributed by atoms with Crippen LogP contribution < -0.4 is 0 Å². The lowest BCUT2D eigenvalue weighted by Crippen LogP contribution is -2.20. The predicted octanol–water partition coefficient (Wildman–Crippen LogP) is 3.09. The highest BCUT2D eigenvalue weighted by Gasteiger charge is 2.26. The normalized spacial score (nSPS) is 19.0. The highest BCUT2D eigenvalue weighted by atomic mass is 19.1. The molecule has 112 valence electrons. The summed E-state index contributed by atoms with van der Waals surface area (Å²) in [6.07, 6.45) is 2.79. The molecule has 3 aromatic rings. The van der Waals surface area contributed by atoms with Crippen LogP contribution in [0.25, 0.3) is 11.2 Å². The van der Waals surface area contributed by atoms with Gasteiger partial charge in [-0.1, -0.05) is 18.2 Å². The third-order valence-electron chi connectivity index (χ3n) is 4.29. The summed E-state index contributed by atoms with van der Waals surface area (Å²) in [7, 11) is 0. The van der Waals surface area contributed by atoms with Crippen molar-refractivity contribution in [1.82, 2.24) is 19.9 Å². The Labute approximate surface area is 128 Å². The highest BCUT2D eigenvalue weighted by Crippen LogP contribution is 2.27. The Morgan fingerprint density at radius 3 is 3.00 bits per heavy atom. The molecule has 5 heteroatoms. The number of H-pyrrole nitrogens is 1. The Balaban J connectivity index is 1.49. The van der Waals surface area contributed by atoms with Crippen LogP contribution in [0.5, 0.6) is 0 Å². The Morgan fingerprint density at radius 2 is 2.14 bits per heavy atom. The van der Waals surface area contributed by atoms with E-state index in [1.54, 1.807) is 12.3 Å². The van der Waals surface area contributed by atoms with Crippen molar-refractivity contribution in [1.29, 1.82) is 0 Å². The summed E-state index contributed by atoms with van der Waals surface area (Å²) >= 11 is 0. The predicted molar refractivity (Wildman–Crippen MR) is 82.9 cm³/mol. The molecular formula is C17H17FN4. The van der Waals surface area contributed by atoms with Gasteiger partial charge in [0.1, 0.15) is 11.6 Å². The van der Waals surface area contributed by atoms with Gasteiger partial charge in [-0.05, 0) is 31.2 Å². The summed E-state index contributed by atoms with van der Waals surface area (Å²) in [5.74, 6) is 1.23. The zero-order valence-corrected chi connectivity index (χ0v) is 12.2. The van der Waals surface area contributed by atoms with Crippen LogP contribution in [0.3, 0.4) is 0 Å². The van der Waals surface area contributed by atoms with Crippen LogP contribution in [-0.4, -0.2) is 32.9 Å². The van der Waals surface area contributed by atoms with E-state index in [-0.39, 0.29) is 5.82 Å². The molecule has 2 aromatic heterocycles. The maximum Gasteiger partial charge on any atom is 0.177 e. The number of nitrogens with zero attached hydrogens (tertiary/aromatic N) is 3. The zero-order valence-electron chi connectivity index (χ0n) is 12.2. The van der Waals surface area contributed by atoms with Gasteiger partial charge in [-0.25, -0.2) is 14.4 Å². The molecule has 3 heterocycles. The fraction of sp³-hybridized carbons (Fsp3) is 0.294. The van der Waals surface area contributed by atoms with E-state index in [1.165, 1.54) is 6.07 Å². The molecule has 0 amide bonds. The van der Waals surface area contributed by atoms with E-state index in [4.69, 9.17) is 0 Å². The van der Waals surface area contributed by atoms with Gasteiger partial charge >= 0.3 is 0 Å². The largest absolute Gasteiger partial charge is 0.340 e. The molecule has 1 saturated heterocycles. The van der Waals surface area contributed by atoms with Crippen LogP contribution in [0.4, 0.5) is 4.39 Å². The Kier molecular flexibility index (Phi) is 3.35. The number of rotatable bonds is 3. The maximum atomic E-state index is 13.7. The summed E-state index contributed by atoms with van der Waals surface area (Å²) < 4.78 is 13.7. The molecule has 1 unspecified atom stereocenters. The molecule has 0 spiro atoms. The number of aromatic nitrogens is 3. The second kappa shape index (κ2) is 5.50. The van der Waals surface area contributed by atoms with Gasteiger partial charge in [0.25, 0.3) is 0 Å². The lowest BCUT2D eigenvalue weighted by Gasteiger charge is -2.15. The average Bonchev–Trinajstić information content (AvgIpc) is 3.15. The number of hydrogen-bond acceptors (Lipinski definition) is 3. The molecule has 1 aromatic carbocycles. The van der Waals surface area contributed by atoms with Crippen LogP contribution in [0.2, 0.25) is 0 Å². The Morgan fingerprint density at radius 1 is 1.23 bits per heavy atom. The third kappa shape index (κ3) is 2.48. The molecule has 1 fully saturated rings. The molecule has 1 N–H and O–H groups in total. The van der Waals surface area contributed by atoms with Crippen molar-refractivity contribution in [3.63, 3.8) is 0 Å². The Hall–Kier alpha value is -2.27. The summed E-state index contributed by atoms with van der Waals surface area (Å²) in [6.45, 7) is 2.51. The minimum atomic E-state index is -0.126. The monoisotopic (exact) mass is 296 g/mol. The summed E-state index contributed by atoms with van der Waals surface area (Å²) in [5, 5.41) is 0. The molecule has 1 atom stereocenters. The highest BCUT2D eigenvalue weighted by molar-refractivity contribution is 5.70. The topological polar surface area (TPSA) is 44.8 Å². The van der Waals surface area contributed by atoms with Crippen molar-refractivity contribution in [2.24, 2.45) is 0 Å². The van der Waals surface area contributed by atoms with E-state index in [9.17, 15) is 4.39 Å². The number of imidazole rings is 1. The first-order valence-electron chi connectivity index (χ1n) is 7.56. The van der Waals surface area contributed by atoms with E-state index in [0.29, 0.717) is 12.5 Å². The number of benzene rings is 1. The second-order valence-corrected chi connectivity index (χ2v) is 5.81. The third-order valence-corrected chi connectivity index (χ3v) is 4.29. The van der Waals surface area contributed by atoms with Crippen molar-refractivity contribution < 1.29 is 4.39 Å². The van der Waals surface area contributed by atoms with Gasteiger partial charge in [0.2, 0.25) is 0 Å². The fourth-order valence-electron chi connectivity index (χ4n) is 3.12. The molecule has 4 nitrogen and oxygen atoms in total. The summed E-state index contributed by atoms with van der Waals surface area (Å²) in [5.41, 5.74) is 2.50. The van der Waals surface area contributed by atoms with E-state index in [1.807, 2.05) is 24.3 Å². The van der Waals surface area contributed by atoms with Crippen molar-refractivity contribution in [3.8, 4) is 0 Å². The SMILES string of the molecule is Fc1ccccc1CN1CCC(c2nc3ncccc3[nH]2)C1. The number of nitrogens with one attached hydrogen (secondary N) is 1. The first-order chi connectivity index (χ1) is 10.8. The quantitative estimate of drug-likeness (QED) is 0.808. The van der Waals surface area contributed by atoms with Gasteiger partial charge in [0, 0.05) is 30.8 Å². The molecule has 1 aliphatic rings. The average molecular weight is 296 g/mol. The van der Waals surface area contributed by atoms with Crippen molar-refractivity contribution in [3.05, 3.63) is 59.8 Å². The van der Waals surface area contributed by atoms with Gasteiger partial charge in [-0.15, -0.1) is 0 Å². The molecule has 0 bridgehead atoms. The number of pyridine rings is 1. The van der Waals surface area contributed by atoms with Crippen LogP contribution in [0.15, 0.2) is 42.6 Å². The van der Waals surface area contributed by atoms with Gasteiger partial charge in [0.05, 0.1) is 5.52 Å². The minimum Gasteiger partial charge on any atom is -0.340 e. The van der Waals surface area contributed by atoms with Crippen LogP contribution in [0.1, 0.15) is 23.7 Å². The minimum absolute atomic E-state index is 0.126. The van der Waals surface area contributed by atoms with Crippen molar-refractivity contribution >= 4 is 11.2 Å². The zero-order chi connectivity index (χ0) is 14.9. The van der Waals surface area contributed by atoms with Crippen LogP contribution in [0, 0.1) is 5.82 Å². The second-order valence-electron chi connectivity index (χ2n) is 5.81. The standard InChI is InChI=1S/C17H17FN4/c18-14-5-2-1-4-12(14)10-22-9-7-13(11-22)16-20-15-6-3-8-19-17(15)21-16/h1-6,8,13H,7,9-11H2,(H,19,20,21). The summed E-state index contributed by atoms with van der Waals surface area (Å²) in [4.78, 5) is 14.5. The van der Waals surface area contributed by atoms with Crippen LogP contribution >= 0.6 is 0 Å². The lowest BCUT2D eigenvalue weighted by molar-refractivity contribution is 0.320. The molecule has 22 heavy (non-hydrogen) atoms. The van der Waals surface area contributed by atoms with Gasteiger partial charge in [0.15, 0.2) is 5.65 Å². The number of aromatic amines is 1. The van der Waals surface area contributed by atoms with Crippen LogP contribution in [-0.2, 0) is 6.54 Å². The smallest absolute Gasteiger partial charge is 0.177 e. The van der Waals surface area contributed by atoms with Crippen molar-refractivity contribution in [2.45, 2.75) is 18.9 Å². The maximum absolute atomic E-state index is 13.7. The number of likely N-dealkylation sites (tertiary alicyclic amines) is 1. The van der Waals surface area contributed by atoms with Crippen molar-refractivity contribution in [2.75, 3.05) is 13.1 Å². The number of halogens is 1. The molecular weight excluding hydrogens is 279 g/mol. The molecule has 4 rings (SSSR count). The van der Waals surface area contributed by atoms with Gasteiger partial charge in [-0.3, -0.25) is 4.90 Å². The molecule has 0 saturated carbocycles. The molecule has 1 aliphatic heterocycles. The lowest BCUT2D eigenvalue weighted by atomic mass is 10.1.